The molecule has 7 nitrogen and oxygen atoms in total. The average molecular weight is 415 g/mol. The zero-order valence-electron chi connectivity index (χ0n) is 19.5. The van der Waals surface area contributed by atoms with Crippen LogP contribution in [0.4, 0.5) is 0 Å². The molecule has 0 aromatic rings. The molecular weight excluding hydrogens is 372 g/mol. The summed E-state index contributed by atoms with van der Waals surface area (Å²) in [4.78, 5) is 36.6. The van der Waals surface area contributed by atoms with Crippen LogP contribution in [0.25, 0.3) is 0 Å². The van der Waals surface area contributed by atoms with Gasteiger partial charge in [0, 0.05) is 24.8 Å². The van der Waals surface area contributed by atoms with Crippen molar-refractivity contribution in [2.24, 2.45) is 5.73 Å². The van der Waals surface area contributed by atoms with Gasteiger partial charge in [-0.1, -0.05) is 6.42 Å². The highest BCUT2D eigenvalue weighted by Crippen LogP contribution is 2.22. The minimum atomic E-state index is -0.696. The van der Waals surface area contributed by atoms with E-state index in [0.717, 1.165) is 19.3 Å². The summed E-state index contributed by atoms with van der Waals surface area (Å²) in [5, 5.41) is 3.02. The first-order chi connectivity index (χ1) is 13.2. The van der Waals surface area contributed by atoms with Gasteiger partial charge in [0.15, 0.2) is 0 Å². The second-order valence-electron chi connectivity index (χ2n) is 9.88. The van der Waals surface area contributed by atoms with Crippen LogP contribution >= 0.6 is 0 Å². The maximum Gasteiger partial charge on any atom is 0.306 e. The third-order valence-electron chi connectivity index (χ3n) is 4.15. The lowest BCUT2D eigenvalue weighted by molar-refractivity contribution is -0.155. The van der Waals surface area contributed by atoms with Crippen molar-refractivity contribution in [2.45, 2.75) is 117 Å². The van der Waals surface area contributed by atoms with Crippen LogP contribution in [0.3, 0.4) is 0 Å². The molecule has 29 heavy (non-hydrogen) atoms. The van der Waals surface area contributed by atoms with E-state index in [0.29, 0.717) is 25.8 Å². The highest BCUT2D eigenvalue weighted by atomic mass is 16.6. The second kappa shape index (κ2) is 12.2. The molecule has 0 aromatic carbocycles. The SMILES string of the molecule is CC(CCC(=O)OC(C)(C)C)(CCC(=O)OC(C)(C)C)NC(=O)CCCCCN. The lowest BCUT2D eigenvalue weighted by Gasteiger charge is -2.32. The molecule has 3 N–H and O–H groups in total. The van der Waals surface area contributed by atoms with Crippen molar-refractivity contribution in [2.75, 3.05) is 6.54 Å². The van der Waals surface area contributed by atoms with Crippen molar-refractivity contribution in [3.8, 4) is 0 Å². The Morgan fingerprint density at radius 3 is 1.55 bits per heavy atom. The largest absolute Gasteiger partial charge is 0.460 e. The first-order valence-corrected chi connectivity index (χ1v) is 10.6. The summed E-state index contributed by atoms with van der Waals surface area (Å²) in [7, 11) is 0. The van der Waals surface area contributed by atoms with Crippen LogP contribution in [0.5, 0.6) is 0 Å². The predicted molar refractivity (Wildman–Crippen MR) is 114 cm³/mol. The van der Waals surface area contributed by atoms with E-state index in [4.69, 9.17) is 15.2 Å². The normalized spacial score (nSPS) is 12.4. The van der Waals surface area contributed by atoms with Crippen LogP contribution in [-0.2, 0) is 23.9 Å². The first kappa shape index (κ1) is 27.4. The number of ether oxygens (including phenoxy) is 2. The van der Waals surface area contributed by atoms with Gasteiger partial charge < -0.3 is 20.5 Å². The number of nitrogens with one attached hydrogen (secondary N) is 1. The molecule has 1 amide bonds. The molecule has 0 rings (SSSR count). The van der Waals surface area contributed by atoms with Crippen LogP contribution in [0.2, 0.25) is 0 Å². The van der Waals surface area contributed by atoms with E-state index in [1.807, 2.05) is 48.5 Å². The van der Waals surface area contributed by atoms with E-state index in [-0.39, 0.29) is 30.7 Å². The Morgan fingerprint density at radius 2 is 1.17 bits per heavy atom. The molecule has 0 aliphatic heterocycles. The molecule has 0 spiro atoms. The fraction of sp³-hybridized carbons (Fsp3) is 0.864. The number of nitrogens with two attached hydrogens (primary N) is 1. The molecule has 0 atom stereocenters. The third kappa shape index (κ3) is 15.9. The number of hydrogen-bond donors (Lipinski definition) is 2. The zero-order chi connectivity index (χ0) is 22.7. The number of esters is 2. The van der Waals surface area contributed by atoms with Gasteiger partial charge in [-0.15, -0.1) is 0 Å². The fourth-order valence-corrected chi connectivity index (χ4v) is 2.80. The molecule has 0 bridgehead atoms. The number of unbranched alkanes of at least 4 members (excludes halogenated alkanes) is 2. The second-order valence-corrected chi connectivity index (χ2v) is 9.88. The van der Waals surface area contributed by atoms with Crippen molar-refractivity contribution in [3.05, 3.63) is 0 Å². The number of carbonyl (C=O) groups excluding carboxylic acids is 3. The maximum absolute atomic E-state index is 12.4. The van der Waals surface area contributed by atoms with Crippen LogP contribution in [0, 0.1) is 0 Å². The molecule has 7 heteroatoms. The van der Waals surface area contributed by atoms with Crippen LogP contribution < -0.4 is 11.1 Å². The summed E-state index contributed by atoms with van der Waals surface area (Å²) in [6.45, 7) is 13.4. The minimum Gasteiger partial charge on any atom is -0.460 e. The van der Waals surface area contributed by atoms with Crippen LogP contribution in [0.15, 0.2) is 0 Å². The smallest absolute Gasteiger partial charge is 0.306 e. The van der Waals surface area contributed by atoms with Gasteiger partial charge in [0.25, 0.3) is 0 Å². The molecule has 0 fully saturated rings. The van der Waals surface area contributed by atoms with Crippen molar-refractivity contribution in [3.63, 3.8) is 0 Å². The van der Waals surface area contributed by atoms with Crippen LogP contribution in [0.1, 0.15) is 99.8 Å². The molecule has 0 unspecified atom stereocenters. The molecule has 0 saturated carbocycles. The van der Waals surface area contributed by atoms with E-state index >= 15 is 0 Å². The van der Waals surface area contributed by atoms with E-state index in [2.05, 4.69) is 5.32 Å². The molecule has 0 aliphatic carbocycles. The molecule has 0 aliphatic rings. The van der Waals surface area contributed by atoms with Crippen molar-refractivity contribution in [1.82, 2.24) is 5.32 Å². The Morgan fingerprint density at radius 1 is 0.724 bits per heavy atom. The molecule has 170 valence electrons. The summed E-state index contributed by atoms with van der Waals surface area (Å²) < 4.78 is 10.7. The highest BCUT2D eigenvalue weighted by molar-refractivity contribution is 5.77. The van der Waals surface area contributed by atoms with Gasteiger partial charge in [0.1, 0.15) is 11.2 Å². The molecule has 0 radical (unpaired) electrons. The van der Waals surface area contributed by atoms with Gasteiger partial charge in [0.05, 0.1) is 0 Å². The summed E-state index contributed by atoms with van der Waals surface area (Å²) >= 11 is 0. The Hall–Kier alpha value is -1.63. The quantitative estimate of drug-likeness (QED) is 0.373. The number of carbonyl (C=O) groups is 3. The standard InChI is InChI=1S/C22H42N2O5/c1-20(2,3)28-18(26)12-14-22(7,15-13-19(27)29-21(4,5)6)24-17(25)11-9-8-10-16-23/h8-16,23H2,1-7H3,(H,24,25). The number of rotatable bonds is 12. The van der Waals surface area contributed by atoms with E-state index in [9.17, 15) is 14.4 Å². The van der Waals surface area contributed by atoms with Gasteiger partial charge in [-0.25, -0.2) is 0 Å². The predicted octanol–water partition coefficient (Wildman–Crippen LogP) is 3.62. The summed E-state index contributed by atoms with van der Waals surface area (Å²) in [5.41, 5.74) is 3.67. The maximum atomic E-state index is 12.4. The Kier molecular flexibility index (Phi) is 11.5. The van der Waals surface area contributed by atoms with E-state index < -0.39 is 16.7 Å². The lowest BCUT2D eigenvalue weighted by atomic mass is 9.89. The Balaban J connectivity index is 4.89. The summed E-state index contributed by atoms with van der Waals surface area (Å²) in [6, 6.07) is 0. The molecule has 0 aromatic heterocycles. The molecule has 0 saturated heterocycles. The van der Waals surface area contributed by atoms with Gasteiger partial charge in [-0.05, 0) is 80.7 Å². The summed E-state index contributed by atoms with van der Waals surface area (Å²) in [6.07, 6.45) is 4.05. The zero-order valence-corrected chi connectivity index (χ0v) is 19.5. The lowest BCUT2D eigenvalue weighted by Crippen LogP contribution is -2.47. The highest BCUT2D eigenvalue weighted by Gasteiger charge is 2.30. The van der Waals surface area contributed by atoms with Crippen molar-refractivity contribution < 1.29 is 23.9 Å². The first-order valence-electron chi connectivity index (χ1n) is 10.6. The van der Waals surface area contributed by atoms with Crippen molar-refractivity contribution >= 4 is 17.8 Å². The van der Waals surface area contributed by atoms with Gasteiger partial charge >= 0.3 is 11.9 Å². The van der Waals surface area contributed by atoms with Gasteiger partial charge in [-0.3, -0.25) is 14.4 Å². The Bertz CT molecular complexity index is 500. The topological polar surface area (TPSA) is 108 Å². The molecule has 0 heterocycles. The third-order valence-corrected chi connectivity index (χ3v) is 4.15. The van der Waals surface area contributed by atoms with Gasteiger partial charge in [-0.2, -0.15) is 0 Å². The number of amides is 1. The van der Waals surface area contributed by atoms with Gasteiger partial charge in [0.2, 0.25) is 5.91 Å². The minimum absolute atomic E-state index is 0.0853. The monoisotopic (exact) mass is 414 g/mol. The van der Waals surface area contributed by atoms with Crippen LogP contribution in [-0.4, -0.2) is 41.1 Å². The van der Waals surface area contributed by atoms with E-state index in [1.54, 1.807) is 0 Å². The average Bonchev–Trinajstić information content (AvgIpc) is 2.52. The fourth-order valence-electron chi connectivity index (χ4n) is 2.80. The number of hydrogen-bond acceptors (Lipinski definition) is 6. The summed E-state index contributed by atoms with van der Waals surface area (Å²) in [5.74, 6) is -0.728. The van der Waals surface area contributed by atoms with E-state index in [1.165, 1.54) is 0 Å². The van der Waals surface area contributed by atoms with Crippen molar-refractivity contribution in [1.29, 1.82) is 0 Å². The molecular formula is C22H42N2O5. The Labute approximate surface area is 176 Å².